The van der Waals surface area contributed by atoms with Gasteiger partial charge in [0, 0.05) is 0 Å². The molecule has 12 heteroatoms. The summed E-state index contributed by atoms with van der Waals surface area (Å²) in [4.78, 5) is 12.5. The van der Waals surface area contributed by atoms with E-state index >= 15 is 0 Å². The molecule has 170 valence electrons. The number of nitrogens with two attached hydrogens (primary N) is 2. The maximum Gasteiger partial charge on any atom is 0.356 e. The van der Waals surface area contributed by atoms with E-state index < -0.39 is 7.60 Å². The van der Waals surface area contributed by atoms with Crippen LogP contribution in [-0.2, 0) is 24.9 Å². The second-order valence-corrected chi connectivity index (χ2v) is 10.7. The lowest BCUT2D eigenvalue weighted by atomic mass is 10.3. The van der Waals surface area contributed by atoms with Crippen molar-refractivity contribution in [2.75, 3.05) is 45.5 Å². The number of nitrogen functional groups attached to an aromatic ring is 2. The predicted molar refractivity (Wildman–Crippen MR) is 117 cm³/mol. The summed E-state index contributed by atoms with van der Waals surface area (Å²) < 4.78 is 32.9. The lowest BCUT2D eigenvalue weighted by Crippen LogP contribution is -2.44. The molecule has 0 amide bonds. The van der Waals surface area contributed by atoms with Crippen LogP contribution in [0.4, 0.5) is 11.8 Å². The molecule has 0 aliphatic heterocycles. The van der Waals surface area contributed by atoms with E-state index in [1.54, 1.807) is 6.33 Å². The maximum absolute atomic E-state index is 13.2. The van der Waals surface area contributed by atoms with Crippen LogP contribution in [0.1, 0.15) is 27.7 Å². The van der Waals surface area contributed by atoms with Gasteiger partial charge in [0.1, 0.15) is 24.5 Å². The highest BCUT2D eigenvalue weighted by molar-refractivity contribution is 7.53. The molecular formula is C18H35N7O4P+. The number of quaternary nitrogens is 1. The Bertz CT molecular complexity index is 881. The smallest absolute Gasteiger partial charge is 0.356 e. The fourth-order valence-electron chi connectivity index (χ4n) is 3.04. The zero-order chi connectivity index (χ0) is 22.7. The molecule has 0 aromatic carbocycles. The minimum Gasteiger partial charge on any atom is -0.382 e. The molecule has 0 saturated carbocycles. The Balaban J connectivity index is 2.25. The van der Waals surface area contributed by atoms with Gasteiger partial charge in [-0.05, 0) is 27.7 Å². The number of aromatic nitrogens is 4. The molecule has 0 spiro atoms. The van der Waals surface area contributed by atoms with E-state index in [2.05, 4.69) is 36.1 Å². The zero-order valence-corrected chi connectivity index (χ0v) is 19.8. The van der Waals surface area contributed by atoms with Gasteiger partial charge in [-0.25, -0.2) is 4.98 Å². The number of fused-ring (bicyclic) bond motifs is 1. The van der Waals surface area contributed by atoms with Gasteiger partial charge in [0.25, 0.3) is 0 Å². The molecule has 2 aromatic heterocycles. The quantitative estimate of drug-likeness (QED) is 0.394. The standard InChI is InChI=1S/C18H35N7O4P/c1-12(2)28-30(26,29-13(3)4)11-27-14(9-25(5,6)7)8-24-10-21-15-16(19)22-18(20)23-17(15)24/h10,12-14H,8-9,11H2,1-7H3,(H4,19,20,22,23)/q+1. The average molecular weight is 444 g/mol. The second kappa shape index (κ2) is 9.57. The largest absolute Gasteiger partial charge is 0.382 e. The molecule has 2 heterocycles. The summed E-state index contributed by atoms with van der Waals surface area (Å²) in [5.74, 6) is 0.298. The molecule has 0 aliphatic carbocycles. The van der Waals surface area contributed by atoms with Crippen molar-refractivity contribution >= 4 is 30.5 Å². The molecule has 1 unspecified atom stereocenters. The van der Waals surface area contributed by atoms with Crippen molar-refractivity contribution in [1.29, 1.82) is 0 Å². The van der Waals surface area contributed by atoms with Gasteiger partial charge in [-0.2, -0.15) is 9.97 Å². The summed E-state index contributed by atoms with van der Waals surface area (Å²) in [6.07, 6.45) is 0.640. The molecular weight excluding hydrogens is 409 g/mol. The number of ether oxygens (including phenoxy) is 1. The molecule has 1 atom stereocenters. The van der Waals surface area contributed by atoms with Gasteiger partial charge >= 0.3 is 7.60 Å². The normalized spacial score (nSPS) is 14.2. The molecule has 0 aliphatic rings. The summed E-state index contributed by atoms with van der Waals surface area (Å²) in [7, 11) is 2.73. The molecule has 0 fully saturated rings. The number of hydrogen-bond donors (Lipinski definition) is 2. The third-order valence-corrected chi connectivity index (χ3v) is 5.82. The van der Waals surface area contributed by atoms with Gasteiger partial charge in [-0.1, -0.05) is 0 Å². The Morgan fingerprint density at radius 2 is 1.70 bits per heavy atom. The van der Waals surface area contributed by atoms with Crippen LogP contribution in [-0.4, -0.2) is 76.3 Å². The van der Waals surface area contributed by atoms with Crippen LogP contribution < -0.4 is 11.5 Å². The summed E-state index contributed by atoms with van der Waals surface area (Å²) in [6.45, 7) is 8.29. The lowest BCUT2D eigenvalue weighted by molar-refractivity contribution is -0.873. The van der Waals surface area contributed by atoms with Gasteiger partial charge in [-0.15, -0.1) is 0 Å². The second-order valence-electron chi connectivity index (χ2n) is 8.85. The van der Waals surface area contributed by atoms with Gasteiger partial charge in [0.15, 0.2) is 11.5 Å². The lowest BCUT2D eigenvalue weighted by Gasteiger charge is -2.31. The fourth-order valence-corrected chi connectivity index (χ4v) is 4.89. The average Bonchev–Trinajstić information content (AvgIpc) is 2.93. The number of likely N-dealkylation sites (N-methyl/N-ethyl adjacent to an activating group) is 1. The van der Waals surface area contributed by atoms with Crippen molar-refractivity contribution in [3.8, 4) is 0 Å². The highest BCUT2D eigenvalue weighted by atomic mass is 31.2. The summed E-state index contributed by atoms with van der Waals surface area (Å²) in [5, 5.41) is 0. The van der Waals surface area contributed by atoms with Crippen LogP contribution in [0.3, 0.4) is 0 Å². The molecule has 2 rings (SSSR count). The number of hydrogen-bond acceptors (Lipinski definition) is 9. The third-order valence-electron chi connectivity index (χ3n) is 3.87. The molecule has 0 bridgehead atoms. The van der Waals surface area contributed by atoms with E-state index in [4.69, 9.17) is 25.3 Å². The van der Waals surface area contributed by atoms with Crippen LogP contribution in [0.5, 0.6) is 0 Å². The van der Waals surface area contributed by atoms with Crippen LogP contribution in [0.15, 0.2) is 6.33 Å². The van der Waals surface area contributed by atoms with Gasteiger partial charge < -0.3 is 34.3 Å². The molecule has 11 nitrogen and oxygen atoms in total. The van der Waals surface area contributed by atoms with E-state index in [1.165, 1.54) is 0 Å². The first-order valence-electron chi connectivity index (χ1n) is 9.90. The van der Waals surface area contributed by atoms with Gasteiger partial charge in [-0.3, -0.25) is 4.57 Å². The van der Waals surface area contributed by atoms with E-state index in [1.807, 2.05) is 32.3 Å². The monoisotopic (exact) mass is 444 g/mol. The van der Waals surface area contributed by atoms with E-state index in [0.29, 0.717) is 28.7 Å². The minimum absolute atomic E-state index is 0.0750. The minimum atomic E-state index is -3.42. The number of nitrogens with zero attached hydrogens (tertiary/aromatic N) is 5. The van der Waals surface area contributed by atoms with Crippen molar-refractivity contribution in [2.24, 2.45) is 0 Å². The SMILES string of the molecule is CC(C)OP(=O)(COC(Cn1cnc2c(N)nc(N)nc21)C[N+](C)(C)C)OC(C)C. The first kappa shape index (κ1) is 24.5. The van der Waals surface area contributed by atoms with Crippen LogP contribution >= 0.6 is 7.60 Å². The molecule has 30 heavy (non-hydrogen) atoms. The van der Waals surface area contributed by atoms with Crippen molar-refractivity contribution < 1.29 is 22.8 Å². The molecule has 2 aromatic rings. The van der Waals surface area contributed by atoms with Gasteiger partial charge in [0.05, 0.1) is 46.2 Å². The summed E-state index contributed by atoms with van der Waals surface area (Å²) in [6, 6.07) is 0. The maximum atomic E-state index is 13.2. The van der Waals surface area contributed by atoms with E-state index in [0.717, 1.165) is 0 Å². The Labute approximate surface area is 177 Å². The molecule has 0 saturated heterocycles. The first-order chi connectivity index (χ1) is 13.8. The van der Waals surface area contributed by atoms with Crippen molar-refractivity contribution in [1.82, 2.24) is 19.5 Å². The number of anilines is 2. The summed E-state index contributed by atoms with van der Waals surface area (Å²) in [5.41, 5.74) is 12.6. The predicted octanol–water partition coefficient (Wildman–Crippen LogP) is 2.08. The van der Waals surface area contributed by atoms with Crippen molar-refractivity contribution in [3.05, 3.63) is 6.33 Å². The first-order valence-corrected chi connectivity index (χ1v) is 11.6. The van der Waals surface area contributed by atoms with Crippen molar-refractivity contribution in [2.45, 2.75) is 52.6 Å². The summed E-state index contributed by atoms with van der Waals surface area (Å²) >= 11 is 0. The van der Waals surface area contributed by atoms with Crippen LogP contribution in [0, 0.1) is 0 Å². The molecule has 4 N–H and O–H groups in total. The Hall–Kier alpha value is -1.78. The topological polar surface area (TPSA) is 140 Å². The van der Waals surface area contributed by atoms with Crippen molar-refractivity contribution in [3.63, 3.8) is 0 Å². The van der Waals surface area contributed by atoms with E-state index in [-0.39, 0.29) is 36.4 Å². The zero-order valence-electron chi connectivity index (χ0n) is 18.9. The highest BCUT2D eigenvalue weighted by Crippen LogP contribution is 2.50. The molecule has 0 radical (unpaired) electrons. The Morgan fingerprint density at radius 1 is 1.10 bits per heavy atom. The fraction of sp³-hybridized carbons (Fsp3) is 0.722. The van der Waals surface area contributed by atoms with Gasteiger partial charge in [0.2, 0.25) is 5.95 Å². The number of rotatable bonds is 11. The van der Waals surface area contributed by atoms with Crippen LogP contribution in [0.2, 0.25) is 0 Å². The van der Waals surface area contributed by atoms with Crippen LogP contribution in [0.25, 0.3) is 11.2 Å². The Kier molecular flexibility index (Phi) is 7.81. The Morgan fingerprint density at radius 3 is 2.23 bits per heavy atom. The van der Waals surface area contributed by atoms with E-state index in [9.17, 15) is 4.57 Å². The number of imidazole rings is 1. The third kappa shape index (κ3) is 7.17. The highest BCUT2D eigenvalue weighted by Gasteiger charge is 2.31.